The SMILES string of the molecule is S=C(Nc1cccc2ccccc12)N1CCN(c2ncccn2)CC1. The number of fused-ring (bicyclic) bond motifs is 1. The highest BCUT2D eigenvalue weighted by molar-refractivity contribution is 7.80. The summed E-state index contributed by atoms with van der Waals surface area (Å²) in [7, 11) is 0. The molecular formula is C19H19N5S. The molecule has 0 aliphatic carbocycles. The van der Waals surface area contributed by atoms with E-state index in [1.165, 1.54) is 10.8 Å². The van der Waals surface area contributed by atoms with Crippen molar-refractivity contribution in [2.24, 2.45) is 0 Å². The van der Waals surface area contributed by atoms with Gasteiger partial charge in [-0.3, -0.25) is 0 Å². The van der Waals surface area contributed by atoms with Crippen molar-refractivity contribution in [3.05, 3.63) is 60.9 Å². The van der Waals surface area contributed by atoms with Crippen LogP contribution in [0.2, 0.25) is 0 Å². The molecule has 126 valence electrons. The second kappa shape index (κ2) is 7.03. The van der Waals surface area contributed by atoms with Crippen LogP contribution in [0.3, 0.4) is 0 Å². The van der Waals surface area contributed by atoms with Gasteiger partial charge in [-0.2, -0.15) is 0 Å². The van der Waals surface area contributed by atoms with Crippen LogP contribution in [0.4, 0.5) is 11.6 Å². The zero-order chi connectivity index (χ0) is 17.1. The number of nitrogens with one attached hydrogen (secondary N) is 1. The molecule has 2 heterocycles. The normalized spacial score (nSPS) is 14.6. The quantitative estimate of drug-likeness (QED) is 0.717. The van der Waals surface area contributed by atoms with Crippen molar-refractivity contribution in [1.29, 1.82) is 0 Å². The molecule has 0 radical (unpaired) electrons. The molecule has 2 aromatic carbocycles. The Bertz CT molecular complexity index is 870. The van der Waals surface area contributed by atoms with Gasteiger partial charge in [0.2, 0.25) is 5.95 Å². The van der Waals surface area contributed by atoms with E-state index in [-0.39, 0.29) is 0 Å². The van der Waals surface area contributed by atoms with Gasteiger partial charge in [0.05, 0.1) is 0 Å². The van der Waals surface area contributed by atoms with Gasteiger partial charge in [0, 0.05) is 49.6 Å². The van der Waals surface area contributed by atoms with Crippen LogP contribution in [0, 0.1) is 0 Å². The summed E-state index contributed by atoms with van der Waals surface area (Å²) in [5, 5.41) is 6.58. The van der Waals surface area contributed by atoms with E-state index in [1.807, 2.05) is 6.07 Å². The van der Waals surface area contributed by atoms with Crippen molar-refractivity contribution >= 4 is 39.7 Å². The van der Waals surface area contributed by atoms with E-state index >= 15 is 0 Å². The van der Waals surface area contributed by atoms with E-state index in [2.05, 4.69) is 67.5 Å². The largest absolute Gasteiger partial charge is 0.345 e. The molecule has 0 unspecified atom stereocenters. The van der Waals surface area contributed by atoms with Crippen molar-refractivity contribution in [3.63, 3.8) is 0 Å². The lowest BCUT2D eigenvalue weighted by atomic mass is 10.1. The van der Waals surface area contributed by atoms with E-state index in [4.69, 9.17) is 12.2 Å². The minimum absolute atomic E-state index is 0.769. The standard InChI is InChI=1S/C19H19N5S/c25-19(22-17-8-3-6-15-5-1-2-7-16(15)17)24-13-11-23(12-14-24)18-20-9-4-10-21-18/h1-10H,11-14H2,(H,22,25). The van der Waals surface area contributed by atoms with Gasteiger partial charge in [-0.15, -0.1) is 0 Å². The fourth-order valence-corrected chi connectivity index (χ4v) is 3.39. The highest BCUT2D eigenvalue weighted by Crippen LogP contribution is 2.23. The molecule has 1 aromatic heterocycles. The van der Waals surface area contributed by atoms with E-state index < -0.39 is 0 Å². The highest BCUT2D eigenvalue weighted by atomic mass is 32.1. The first-order valence-corrected chi connectivity index (χ1v) is 8.78. The number of aromatic nitrogens is 2. The van der Waals surface area contributed by atoms with Crippen molar-refractivity contribution < 1.29 is 0 Å². The summed E-state index contributed by atoms with van der Waals surface area (Å²) in [5.41, 5.74) is 1.05. The van der Waals surface area contributed by atoms with Crippen LogP contribution in [-0.2, 0) is 0 Å². The van der Waals surface area contributed by atoms with Crippen LogP contribution in [-0.4, -0.2) is 46.2 Å². The van der Waals surface area contributed by atoms with E-state index in [0.717, 1.165) is 42.9 Å². The highest BCUT2D eigenvalue weighted by Gasteiger charge is 2.20. The first-order valence-electron chi connectivity index (χ1n) is 8.37. The van der Waals surface area contributed by atoms with Gasteiger partial charge >= 0.3 is 0 Å². The summed E-state index contributed by atoms with van der Waals surface area (Å²) in [6.07, 6.45) is 3.56. The van der Waals surface area contributed by atoms with E-state index in [0.29, 0.717) is 0 Å². The Morgan fingerprint density at radius 1 is 0.880 bits per heavy atom. The van der Waals surface area contributed by atoms with Crippen LogP contribution in [0.5, 0.6) is 0 Å². The predicted molar refractivity (Wildman–Crippen MR) is 106 cm³/mol. The predicted octanol–water partition coefficient (Wildman–Crippen LogP) is 3.15. The summed E-state index contributed by atoms with van der Waals surface area (Å²) in [6, 6.07) is 16.4. The average molecular weight is 349 g/mol. The van der Waals surface area contributed by atoms with Crippen molar-refractivity contribution in [3.8, 4) is 0 Å². The molecule has 4 rings (SSSR count). The minimum Gasteiger partial charge on any atom is -0.345 e. The third kappa shape index (κ3) is 3.39. The number of rotatable bonds is 2. The lowest BCUT2D eigenvalue weighted by molar-refractivity contribution is 0.388. The molecule has 0 spiro atoms. The number of hydrogen-bond donors (Lipinski definition) is 1. The monoisotopic (exact) mass is 349 g/mol. The van der Waals surface area contributed by atoms with Crippen molar-refractivity contribution in [2.45, 2.75) is 0 Å². The summed E-state index contributed by atoms with van der Waals surface area (Å²) in [4.78, 5) is 13.0. The number of hydrogen-bond acceptors (Lipinski definition) is 4. The Labute approximate surface area is 152 Å². The molecule has 1 aliphatic heterocycles. The van der Waals surface area contributed by atoms with Gasteiger partial charge in [0.15, 0.2) is 5.11 Å². The summed E-state index contributed by atoms with van der Waals surface area (Å²) in [6.45, 7) is 3.44. The first kappa shape index (κ1) is 15.8. The third-order valence-corrected chi connectivity index (χ3v) is 4.79. The second-order valence-electron chi connectivity index (χ2n) is 5.98. The van der Waals surface area contributed by atoms with Gasteiger partial charge in [-0.1, -0.05) is 36.4 Å². The number of nitrogens with zero attached hydrogens (tertiary/aromatic N) is 4. The van der Waals surface area contributed by atoms with Crippen LogP contribution in [0.1, 0.15) is 0 Å². The van der Waals surface area contributed by atoms with Crippen LogP contribution in [0.15, 0.2) is 60.9 Å². The maximum atomic E-state index is 5.64. The maximum absolute atomic E-state index is 5.64. The Balaban J connectivity index is 1.42. The Hall–Kier alpha value is -2.73. The number of benzene rings is 2. The lowest BCUT2D eigenvalue weighted by Gasteiger charge is -2.36. The molecule has 6 heteroatoms. The summed E-state index contributed by atoms with van der Waals surface area (Å²) >= 11 is 5.64. The Morgan fingerprint density at radius 3 is 2.40 bits per heavy atom. The van der Waals surface area contributed by atoms with Gasteiger partial charge in [-0.25, -0.2) is 9.97 Å². The van der Waals surface area contributed by atoms with E-state index in [1.54, 1.807) is 12.4 Å². The molecule has 0 atom stereocenters. The molecule has 1 N–H and O–H groups in total. The first-order chi connectivity index (χ1) is 12.3. The fourth-order valence-electron chi connectivity index (χ4n) is 3.09. The zero-order valence-electron chi connectivity index (χ0n) is 13.8. The molecule has 1 saturated heterocycles. The van der Waals surface area contributed by atoms with E-state index in [9.17, 15) is 0 Å². The molecular weight excluding hydrogens is 330 g/mol. The van der Waals surface area contributed by atoms with Gasteiger partial charge in [-0.05, 0) is 29.7 Å². The van der Waals surface area contributed by atoms with Crippen LogP contribution in [0.25, 0.3) is 10.8 Å². The lowest BCUT2D eigenvalue weighted by Crippen LogP contribution is -2.50. The van der Waals surface area contributed by atoms with Crippen LogP contribution < -0.4 is 10.2 Å². The Morgan fingerprint density at radius 2 is 1.60 bits per heavy atom. The van der Waals surface area contributed by atoms with Gasteiger partial charge in [0.1, 0.15) is 0 Å². The molecule has 1 aliphatic rings. The number of thiocarbonyl (C=S) groups is 1. The Kier molecular flexibility index (Phi) is 4.43. The molecule has 0 amide bonds. The van der Waals surface area contributed by atoms with Crippen molar-refractivity contribution in [1.82, 2.24) is 14.9 Å². The second-order valence-corrected chi connectivity index (χ2v) is 6.37. The fraction of sp³-hybridized carbons (Fsp3) is 0.211. The molecule has 25 heavy (non-hydrogen) atoms. The minimum atomic E-state index is 0.769. The zero-order valence-corrected chi connectivity index (χ0v) is 14.6. The van der Waals surface area contributed by atoms with Crippen LogP contribution >= 0.6 is 12.2 Å². The summed E-state index contributed by atoms with van der Waals surface area (Å²) in [5.74, 6) is 0.787. The molecule has 3 aromatic rings. The maximum Gasteiger partial charge on any atom is 0.225 e. The van der Waals surface area contributed by atoms with Gasteiger partial charge in [0.25, 0.3) is 0 Å². The number of piperazine rings is 1. The van der Waals surface area contributed by atoms with Gasteiger partial charge < -0.3 is 15.1 Å². The topological polar surface area (TPSA) is 44.3 Å². The number of anilines is 2. The third-order valence-electron chi connectivity index (χ3n) is 4.43. The molecule has 1 fully saturated rings. The summed E-state index contributed by atoms with van der Waals surface area (Å²) < 4.78 is 0. The van der Waals surface area contributed by atoms with Crippen molar-refractivity contribution in [2.75, 3.05) is 36.4 Å². The average Bonchev–Trinajstić information content (AvgIpc) is 2.69. The molecule has 0 bridgehead atoms. The smallest absolute Gasteiger partial charge is 0.225 e. The molecule has 5 nitrogen and oxygen atoms in total. The molecule has 0 saturated carbocycles.